The zero-order chi connectivity index (χ0) is 25.9. The molecule has 0 heterocycles. The van der Waals surface area contributed by atoms with Gasteiger partial charge in [0.2, 0.25) is 0 Å². The van der Waals surface area contributed by atoms with Gasteiger partial charge in [0.15, 0.2) is 23.0 Å². The second-order valence-electron chi connectivity index (χ2n) is 8.75. The Labute approximate surface area is 218 Å². The zero-order valence-electron chi connectivity index (χ0n) is 21.1. The molecular weight excluding hydrogens is 464 g/mol. The Morgan fingerprint density at radius 1 is 0.595 bits per heavy atom. The van der Waals surface area contributed by atoms with E-state index in [4.69, 9.17) is 30.4 Å². The lowest BCUT2D eigenvalue weighted by Crippen LogP contribution is -2.18. The normalized spacial score (nSPS) is 11.5. The Morgan fingerprint density at radius 3 is 1.62 bits per heavy atom. The molecule has 0 bridgehead atoms. The molecule has 4 aromatic carbocycles. The van der Waals surface area contributed by atoms with E-state index in [0.29, 0.717) is 46.7 Å². The summed E-state index contributed by atoms with van der Waals surface area (Å²) in [6.07, 6.45) is 3.69. The summed E-state index contributed by atoms with van der Waals surface area (Å²) in [6.45, 7) is 2.71. The van der Waals surface area contributed by atoms with E-state index in [-0.39, 0.29) is 6.10 Å². The molecule has 6 nitrogen and oxygen atoms in total. The van der Waals surface area contributed by atoms with Crippen LogP contribution < -0.4 is 30.4 Å². The highest BCUT2D eigenvalue weighted by Crippen LogP contribution is 2.34. The van der Waals surface area contributed by atoms with Gasteiger partial charge in [0.25, 0.3) is 0 Å². The predicted octanol–water partition coefficient (Wildman–Crippen LogP) is 7.84. The van der Waals surface area contributed by atoms with E-state index >= 15 is 0 Å². The predicted molar refractivity (Wildman–Crippen MR) is 149 cm³/mol. The van der Waals surface area contributed by atoms with Crippen LogP contribution in [0, 0.1) is 0 Å². The molecule has 0 aliphatic carbocycles. The maximum absolute atomic E-state index is 6.41. The van der Waals surface area contributed by atoms with Gasteiger partial charge in [0.1, 0.15) is 11.5 Å². The molecule has 0 fully saturated rings. The van der Waals surface area contributed by atoms with Crippen molar-refractivity contribution in [1.29, 1.82) is 0 Å². The van der Waals surface area contributed by atoms with Crippen molar-refractivity contribution in [2.75, 3.05) is 18.1 Å². The maximum Gasteiger partial charge on any atom is 0.169 e. The van der Waals surface area contributed by atoms with E-state index in [9.17, 15) is 0 Å². The fraction of sp³-hybridized carbons (Fsp3) is 0.226. The third-order valence-corrected chi connectivity index (χ3v) is 5.75. The first-order valence-electron chi connectivity index (χ1n) is 12.6. The standard InChI is InChI=1S/C31H34N2O4/c1-2-8-25(35-30-12-5-6-13-31(30)37-27-20-16-24(33)17-21-27)9-7-22-34-28-10-3-4-11-29(28)36-26-18-14-23(32)15-19-26/h3-6,10-21,25H,2,7-9,22,32-33H2,1H3. The number of hydrogen-bond acceptors (Lipinski definition) is 6. The molecule has 0 amide bonds. The van der Waals surface area contributed by atoms with Gasteiger partial charge in [-0.05, 0) is 92.1 Å². The minimum atomic E-state index is 0.0473. The van der Waals surface area contributed by atoms with Crippen molar-refractivity contribution >= 4 is 11.4 Å². The van der Waals surface area contributed by atoms with Crippen LogP contribution in [0.1, 0.15) is 32.6 Å². The Bertz CT molecular complexity index is 1240. The Kier molecular flexibility index (Phi) is 9.13. The fourth-order valence-electron chi connectivity index (χ4n) is 3.87. The molecule has 192 valence electrons. The number of nitrogen functional groups attached to an aromatic ring is 2. The van der Waals surface area contributed by atoms with Crippen LogP contribution in [-0.4, -0.2) is 12.7 Å². The summed E-state index contributed by atoms with van der Waals surface area (Å²) in [6, 6.07) is 30.1. The molecule has 0 saturated heterocycles. The van der Waals surface area contributed by atoms with Gasteiger partial charge in [-0.25, -0.2) is 0 Å². The maximum atomic E-state index is 6.41. The molecule has 4 rings (SSSR count). The van der Waals surface area contributed by atoms with Crippen molar-refractivity contribution in [2.24, 2.45) is 0 Å². The summed E-state index contributed by atoms with van der Waals surface area (Å²) < 4.78 is 24.6. The van der Waals surface area contributed by atoms with E-state index in [1.807, 2.05) is 97.1 Å². The van der Waals surface area contributed by atoms with E-state index in [1.54, 1.807) is 0 Å². The van der Waals surface area contributed by atoms with Crippen molar-refractivity contribution in [3.63, 3.8) is 0 Å². The van der Waals surface area contributed by atoms with Crippen molar-refractivity contribution in [1.82, 2.24) is 0 Å². The molecule has 0 aliphatic heterocycles. The molecule has 1 unspecified atom stereocenters. The first-order valence-corrected chi connectivity index (χ1v) is 12.6. The van der Waals surface area contributed by atoms with Gasteiger partial charge in [-0.3, -0.25) is 0 Å². The molecule has 6 heteroatoms. The highest BCUT2D eigenvalue weighted by atomic mass is 16.5. The highest BCUT2D eigenvalue weighted by Gasteiger charge is 2.14. The number of para-hydroxylation sites is 4. The van der Waals surface area contributed by atoms with Crippen LogP contribution in [0.3, 0.4) is 0 Å². The molecule has 37 heavy (non-hydrogen) atoms. The smallest absolute Gasteiger partial charge is 0.169 e. The largest absolute Gasteiger partial charge is 0.490 e. The van der Waals surface area contributed by atoms with Crippen LogP contribution >= 0.6 is 0 Å². The molecular formula is C31H34N2O4. The van der Waals surface area contributed by atoms with Gasteiger partial charge in [-0.1, -0.05) is 37.6 Å². The lowest BCUT2D eigenvalue weighted by atomic mass is 10.1. The third-order valence-electron chi connectivity index (χ3n) is 5.75. The molecule has 0 spiro atoms. The number of anilines is 2. The minimum Gasteiger partial charge on any atom is -0.490 e. The Balaban J connectivity index is 1.33. The van der Waals surface area contributed by atoms with Crippen molar-refractivity contribution < 1.29 is 18.9 Å². The minimum absolute atomic E-state index is 0.0473. The van der Waals surface area contributed by atoms with Crippen molar-refractivity contribution in [3.05, 3.63) is 97.1 Å². The SMILES string of the molecule is CCCC(CCCOc1ccccc1Oc1ccc(N)cc1)Oc1ccccc1Oc1ccc(N)cc1. The first-order chi connectivity index (χ1) is 18.1. The molecule has 0 aliphatic rings. The Morgan fingerprint density at radius 2 is 1.08 bits per heavy atom. The Hall–Kier alpha value is -4.32. The van der Waals surface area contributed by atoms with Gasteiger partial charge in [-0.2, -0.15) is 0 Å². The molecule has 0 radical (unpaired) electrons. The van der Waals surface area contributed by atoms with Crippen LogP contribution in [0.5, 0.6) is 34.5 Å². The van der Waals surface area contributed by atoms with E-state index in [1.165, 1.54) is 0 Å². The second kappa shape index (κ2) is 13.1. The number of benzene rings is 4. The highest BCUT2D eigenvalue weighted by molar-refractivity contribution is 5.47. The summed E-state index contributed by atoms with van der Waals surface area (Å²) >= 11 is 0. The molecule has 4 N–H and O–H groups in total. The first kappa shape index (κ1) is 25.8. The van der Waals surface area contributed by atoms with Crippen molar-refractivity contribution in [2.45, 2.75) is 38.7 Å². The number of hydrogen-bond donors (Lipinski definition) is 2. The second-order valence-corrected chi connectivity index (χ2v) is 8.75. The fourth-order valence-corrected chi connectivity index (χ4v) is 3.87. The monoisotopic (exact) mass is 498 g/mol. The summed E-state index contributed by atoms with van der Waals surface area (Å²) in [5, 5.41) is 0. The molecule has 0 saturated carbocycles. The zero-order valence-corrected chi connectivity index (χ0v) is 21.1. The lowest BCUT2D eigenvalue weighted by Gasteiger charge is -2.21. The van der Waals surface area contributed by atoms with Gasteiger partial charge in [0.05, 0.1) is 12.7 Å². The van der Waals surface area contributed by atoms with Gasteiger partial charge >= 0.3 is 0 Å². The van der Waals surface area contributed by atoms with Crippen molar-refractivity contribution in [3.8, 4) is 34.5 Å². The van der Waals surface area contributed by atoms with Gasteiger partial charge < -0.3 is 30.4 Å². The molecule has 1 atom stereocenters. The quantitative estimate of drug-likeness (QED) is 0.144. The summed E-state index contributed by atoms with van der Waals surface area (Å²) in [7, 11) is 0. The van der Waals surface area contributed by atoms with E-state index in [0.717, 1.165) is 31.4 Å². The third kappa shape index (κ3) is 7.84. The average Bonchev–Trinajstić information content (AvgIpc) is 2.91. The lowest BCUT2D eigenvalue weighted by molar-refractivity contribution is 0.161. The number of ether oxygens (including phenoxy) is 4. The van der Waals surface area contributed by atoms with Gasteiger partial charge in [0, 0.05) is 11.4 Å². The average molecular weight is 499 g/mol. The van der Waals surface area contributed by atoms with E-state index < -0.39 is 0 Å². The van der Waals surface area contributed by atoms with Crippen LogP contribution in [0.4, 0.5) is 11.4 Å². The van der Waals surface area contributed by atoms with Crippen LogP contribution in [-0.2, 0) is 0 Å². The summed E-state index contributed by atoms with van der Waals surface area (Å²) in [5.74, 6) is 4.20. The van der Waals surface area contributed by atoms with Crippen LogP contribution in [0.2, 0.25) is 0 Å². The van der Waals surface area contributed by atoms with Crippen LogP contribution in [0.15, 0.2) is 97.1 Å². The molecule has 0 aromatic heterocycles. The van der Waals surface area contributed by atoms with E-state index in [2.05, 4.69) is 6.92 Å². The van der Waals surface area contributed by atoms with Gasteiger partial charge in [-0.15, -0.1) is 0 Å². The summed E-state index contributed by atoms with van der Waals surface area (Å²) in [5.41, 5.74) is 13.0. The number of rotatable bonds is 13. The topological polar surface area (TPSA) is 89.0 Å². The summed E-state index contributed by atoms with van der Waals surface area (Å²) in [4.78, 5) is 0. The molecule has 4 aromatic rings. The number of nitrogens with two attached hydrogens (primary N) is 2. The van der Waals surface area contributed by atoms with Crippen LogP contribution in [0.25, 0.3) is 0 Å².